The topological polar surface area (TPSA) is 33.0 Å². The maximum absolute atomic E-state index is 13.5. The third-order valence-electron chi connectivity index (χ3n) is 6.63. The predicted octanol–water partition coefficient (Wildman–Crippen LogP) is 6.97. The average molecular weight is 406 g/mol. The molecule has 0 aliphatic heterocycles. The van der Waals surface area contributed by atoms with Crippen LogP contribution in [0.15, 0.2) is 30.1 Å². The van der Waals surface area contributed by atoms with Crippen LogP contribution >= 0.6 is 0 Å². The fourth-order valence-corrected chi connectivity index (χ4v) is 4.78. The molecule has 2 nitrogen and oxygen atoms in total. The SMILES string of the molecule is N#C/C(F)=C/CCC1CCC(OCC2CCC(c3ccc(F)c(F)c3)CC2)CC1. The maximum atomic E-state index is 13.5. The summed E-state index contributed by atoms with van der Waals surface area (Å²) in [5.41, 5.74) is 0.908. The Bertz CT molecular complexity index is 726. The number of halogens is 3. The number of allylic oxidation sites excluding steroid dienone is 2. The van der Waals surface area contributed by atoms with Crippen LogP contribution in [-0.2, 0) is 4.74 Å². The molecule has 1 aromatic carbocycles. The number of hydrogen-bond donors (Lipinski definition) is 0. The first-order valence-electron chi connectivity index (χ1n) is 10.9. The van der Waals surface area contributed by atoms with E-state index in [-0.39, 0.29) is 0 Å². The predicted molar refractivity (Wildman–Crippen MR) is 107 cm³/mol. The average Bonchev–Trinajstić information content (AvgIpc) is 2.75. The number of nitriles is 1. The molecule has 2 aliphatic rings. The molecule has 0 amide bonds. The molecular formula is C24H30F3NO. The van der Waals surface area contributed by atoms with Crippen LogP contribution in [0.4, 0.5) is 13.2 Å². The highest BCUT2D eigenvalue weighted by Crippen LogP contribution is 2.37. The van der Waals surface area contributed by atoms with Gasteiger partial charge in [-0.05, 0) is 106 Å². The van der Waals surface area contributed by atoms with Crippen molar-refractivity contribution in [2.75, 3.05) is 6.61 Å². The molecule has 1 aromatic rings. The van der Waals surface area contributed by atoms with Gasteiger partial charge < -0.3 is 4.74 Å². The van der Waals surface area contributed by atoms with Crippen molar-refractivity contribution in [2.24, 2.45) is 11.8 Å². The summed E-state index contributed by atoms with van der Waals surface area (Å²) in [4.78, 5) is 0. The van der Waals surface area contributed by atoms with Gasteiger partial charge in [0.1, 0.15) is 6.07 Å². The summed E-state index contributed by atoms with van der Waals surface area (Å²) in [7, 11) is 0. The Balaban J connectivity index is 1.32. The van der Waals surface area contributed by atoms with Crippen molar-refractivity contribution >= 4 is 0 Å². The molecule has 0 heterocycles. The van der Waals surface area contributed by atoms with E-state index in [2.05, 4.69) is 0 Å². The van der Waals surface area contributed by atoms with E-state index in [1.165, 1.54) is 24.3 Å². The molecule has 0 radical (unpaired) electrons. The molecule has 0 unspecified atom stereocenters. The highest BCUT2D eigenvalue weighted by molar-refractivity contribution is 5.22. The van der Waals surface area contributed by atoms with Crippen LogP contribution in [0.2, 0.25) is 0 Å². The summed E-state index contributed by atoms with van der Waals surface area (Å²) in [6.45, 7) is 0.788. The lowest BCUT2D eigenvalue weighted by Gasteiger charge is -2.32. The minimum atomic E-state index is -0.781. The second-order valence-corrected chi connectivity index (χ2v) is 8.61. The molecular weight excluding hydrogens is 375 g/mol. The molecule has 0 N–H and O–H groups in total. The largest absolute Gasteiger partial charge is 0.378 e. The third-order valence-corrected chi connectivity index (χ3v) is 6.63. The van der Waals surface area contributed by atoms with E-state index in [0.717, 1.165) is 70.0 Å². The summed E-state index contributed by atoms with van der Waals surface area (Å²) >= 11 is 0. The van der Waals surface area contributed by atoms with E-state index in [0.29, 0.717) is 30.3 Å². The van der Waals surface area contributed by atoms with Crippen LogP contribution in [0.1, 0.15) is 75.7 Å². The van der Waals surface area contributed by atoms with Gasteiger partial charge in [-0.3, -0.25) is 0 Å². The second-order valence-electron chi connectivity index (χ2n) is 8.61. The van der Waals surface area contributed by atoms with Crippen LogP contribution in [0.3, 0.4) is 0 Å². The summed E-state index contributed by atoms with van der Waals surface area (Å²) in [6, 6.07) is 5.80. The van der Waals surface area contributed by atoms with Gasteiger partial charge in [0.15, 0.2) is 17.5 Å². The smallest absolute Gasteiger partial charge is 0.196 e. The van der Waals surface area contributed by atoms with Crippen molar-refractivity contribution in [3.63, 3.8) is 0 Å². The number of benzene rings is 1. The zero-order valence-corrected chi connectivity index (χ0v) is 16.9. The maximum Gasteiger partial charge on any atom is 0.196 e. The van der Waals surface area contributed by atoms with Crippen molar-refractivity contribution in [2.45, 2.75) is 76.2 Å². The van der Waals surface area contributed by atoms with Crippen LogP contribution in [-0.4, -0.2) is 12.7 Å². The van der Waals surface area contributed by atoms with E-state index < -0.39 is 17.5 Å². The molecule has 5 heteroatoms. The Labute approximate surface area is 171 Å². The van der Waals surface area contributed by atoms with Gasteiger partial charge in [-0.2, -0.15) is 9.65 Å². The number of nitrogens with zero attached hydrogens (tertiary/aromatic N) is 1. The van der Waals surface area contributed by atoms with E-state index >= 15 is 0 Å². The van der Waals surface area contributed by atoms with Gasteiger partial charge in [-0.1, -0.05) is 6.07 Å². The minimum absolute atomic E-state index is 0.316. The van der Waals surface area contributed by atoms with Gasteiger partial charge in [0.05, 0.1) is 6.10 Å². The van der Waals surface area contributed by atoms with Gasteiger partial charge in [0, 0.05) is 6.61 Å². The molecule has 3 rings (SSSR count). The summed E-state index contributed by atoms with van der Waals surface area (Å²) < 4.78 is 45.6. The molecule has 29 heavy (non-hydrogen) atoms. The van der Waals surface area contributed by atoms with E-state index in [4.69, 9.17) is 10.00 Å². The molecule has 0 saturated heterocycles. The standard InChI is InChI=1S/C24H30F3NO/c25-21(15-28)3-1-2-17-6-11-22(12-7-17)29-16-18-4-8-19(9-5-18)20-10-13-23(26)24(27)14-20/h3,10,13-14,17-19,22H,1-2,4-9,11-12,16H2/b21-3-. The van der Waals surface area contributed by atoms with Gasteiger partial charge in [-0.15, -0.1) is 0 Å². The highest BCUT2D eigenvalue weighted by Gasteiger charge is 2.26. The van der Waals surface area contributed by atoms with Crippen molar-refractivity contribution in [1.29, 1.82) is 5.26 Å². The fraction of sp³-hybridized carbons (Fsp3) is 0.625. The molecule has 0 bridgehead atoms. The van der Waals surface area contributed by atoms with Gasteiger partial charge >= 0.3 is 0 Å². The van der Waals surface area contributed by atoms with Crippen LogP contribution < -0.4 is 0 Å². The number of hydrogen-bond acceptors (Lipinski definition) is 2. The van der Waals surface area contributed by atoms with Crippen LogP contribution in [0.5, 0.6) is 0 Å². The van der Waals surface area contributed by atoms with Crippen molar-refractivity contribution in [3.8, 4) is 6.07 Å². The monoisotopic (exact) mass is 405 g/mol. The van der Waals surface area contributed by atoms with E-state index in [1.807, 2.05) is 0 Å². The molecule has 0 atom stereocenters. The van der Waals surface area contributed by atoms with Gasteiger partial charge in [-0.25, -0.2) is 8.78 Å². The lowest BCUT2D eigenvalue weighted by atomic mass is 9.79. The normalized spacial score (nSPS) is 28.1. The fourth-order valence-electron chi connectivity index (χ4n) is 4.78. The van der Waals surface area contributed by atoms with Crippen molar-refractivity contribution in [1.82, 2.24) is 0 Å². The highest BCUT2D eigenvalue weighted by atomic mass is 19.2. The van der Waals surface area contributed by atoms with Crippen molar-refractivity contribution < 1.29 is 17.9 Å². The number of rotatable bonds is 7. The lowest BCUT2D eigenvalue weighted by molar-refractivity contribution is -0.00825. The quantitative estimate of drug-likeness (QED) is 0.459. The first-order chi connectivity index (χ1) is 14.0. The second kappa shape index (κ2) is 10.8. The Morgan fingerprint density at radius 1 is 1.00 bits per heavy atom. The molecule has 2 saturated carbocycles. The van der Waals surface area contributed by atoms with Gasteiger partial charge in [0.2, 0.25) is 0 Å². The minimum Gasteiger partial charge on any atom is -0.378 e. The molecule has 2 aliphatic carbocycles. The molecule has 0 spiro atoms. The summed E-state index contributed by atoms with van der Waals surface area (Å²) in [5.74, 6) is -0.748. The summed E-state index contributed by atoms with van der Waals surface area (Å²) in [6.07, 6.45) is 11.7. The molecule has 0 aromatic heterocycles. The van der Waals surface area contributed by atoms with Crippen LogP contribution in [0, 0.1) is 34.8 Å². The number of ether oxygens (including phenoxy) is 1. The Morgan fingerprint density at radius 3 is 2.34 bits per heavy atom. The van der Waals surface area contributed by atoms with E-state index in [1.54, 1.807) is 6.07 Å². The Kier molecular flexibility index (Phi) is 8.18. The zero-order chi connectivity index (χ0) is 20.6. The van der Waals surface area contributed by atoms with Crippen LogP contribution in [0.25, 0.3) is 0 Å². The summed E-state index contributed by atoms with van der Waals surface area (Å²) in [5, 5.41) is 8.43. The lowest BCUT2D eigenvalue weighted by Crippen LogP contribution is -2.25. The third kappa shape index (κ3) is 6.60. The molecule has 158 valence electrons. The first-order valence-corrected chi connectivity index (χ1v) is 10.9. The van der Waals surface area contributed by atoms with E-state index in [9.17, 15) is 13.2 Å². The molecule has 2 fully saturated rings. The first kappa shape index (κ1) is 21.9. The zero-order valence-electron chi connectivity index (χ0n) is 16.9. The Morgan fingerprint density at radius 2 is 1.69 bits per heavy atom. The van der Waals surface area contributed by atoms with Gasteiger partial charge in [0.25, 0.3) is 0 Å². The van der Waals surface area contributed by atoms with Crippen molar-refractivity contribution in [3.05, 3.63) is 47.3 Å². The Hall–Kier alpha value is -1.80.